The molecule has 0 unspecified atom stereocenters. The maximum atomic E-state index is 12.4. The predicted molar refractivity (Wildman–Crippen MR) is 148 cm³/mol. The topological polar surface area (TPSA) is 65.0 Å². The molecule has 1 aromatic rings. The van der Waals surface area contributed by atoms with Gasteiger partial charge in [0.15, 0.2) is 6.29 Å². The van der Waals surface area contributed by atoms with Crippen LogP contribution in [0.4, 0.5) is 0 Å². The number of rotatable bonds is 9. The van der Waals surface area contributed by atoms with Crippen molar-refractivity contribution in [2.45, 2.75) is 60.2 Å². The molecule has 1 aromatic carbocycles. The van der Waals surface area contributed by atoms with Gasteiger partial charge in [0.05, 0.1) is 25.2 Å². The molecule has 37 heavy (non-hydrogen) atoms. The smallest absolute Gasteiger partial charge is 0.331 e. The minimum atomic E-state index is -0.772. The third-order valence-corrected chi connectivity index (χ3v) is 7.13. The van der Waals surface area contributed by atoms with E-state index in [9.17, 15) is 9.90 Å². The monoisotopic (exact) mass is 506 g/mol. The zero-order valence-electron chi connectivity index (χ0n) is 23.0. The van der Waals surface area contributed by atoms with Crippen LogP contribution in [0.5, 0.6) is 0 Å². The molecule has 0 spiro atoms. The molecule has 1 aliphatic carbocycles. The Labute approximate surface area is 222 Å². The van der Waals surface area contributed by atoms with Crippen LogP contribution in [0.15, 0.2) is 89.1 Å². The second-order valence-electron chi connectivity index (χ2n) is 11.1. The molecule has 5 nitrogen and oxygen atoms in total. The van der Waals surface area contributed by atoms with Crippen LogP contribution < -0.4 is 0 Å². The Kier molecular flexibility index (Phi) is 10.3. The first-order valence-corrected chi connectivity index (χ1v) is 13.1. The first-order valence-electron chi connectivity index (χ1n) is 13.1. The van der Waals surface area contributed by atoms with Crippen LogP contribution in [0, 0.1) is 10.8 Å². The molecular formula is C32H42O5. The van der Waals surface area contributed by atoms with Crippen LogP contribution in [-0.4, -0.2) is 37.5 Å². The van der Waals surface area contributed by atoms with Crippen molar-refractivity contribution in [3.05, 3.63) is 94.6 Å². The SMILES string of the molecule is CC1=C(/C=C/C(C)=C/C=C/C(C)=C/C(=O)OC[C@]2(CO)CO[C@H](c3ccccc3)OC2)C(C)(C)CCC1. The molecule has 5 heteroatoms. The fraction of sp³-hybridized carbons (Fsp3) is 0.469. The van der Waals surface area contributed by atoms with Crippen LogP contribution in [-0.2, 0) is 19.0 Å². The summed E-state index contributed by atoms with van der Waals surface area (Å²) in [5.74, 6) is -0.456. The van der Waals surface area contributed by atoms with Gasteiger partial charge < -0.3 is 19.3 Å². The summed E-state index contributed by atoms with van der Waals surface area (Å²) < 4.78 is 17.1. The summed E-state index contributed by atoms with van der Waals surface area (Å²) in [7, 11) is 0. The lowest BCUT2D eigenvalue weighted by molar-refractivity contribution is -0.249. The van der Waals surface area contributed by atoms with E-state index in [0.717, 1.165) is 16.7 Å². The van der Waals surface area contributed by atoms with Gasteiger partial charge in [0.2, 0.25) is 0 Å². The highest BCUT2D eigenvalue weighted by Crippen LogP contribution is 2.40. The molecule has 0 atom stereocenters. The van der Waals surface area contributed by atoms with Crippen LogP contribution in [0.3, 0.4) is 0 Å². The van der Waals surface area contributed by atoms with E-state index in [1.54, 1.807) is 0 Å². The largest absolute Gasteiger partial charge is 0.462 e. The summed E-state index contributed by atoms with van der Waals surface area (Å²) in [6, 6.07) is 9.64. The van der Waals surface area contributed by atoms with E-state index in [1.807, 2.05) is 55.5 Å². The van der Waals surface area contributed by atoms with Crippen molar-refractivity contribution in [3.63, 3.8) is 0 Å². The summed E-state index contributed by atoms with van der Waals surface area (Å²) in [4.78, 5) is 12.4. The molecule has 1 aliphatic heterocycles. The average Bonchev–Trinajstić information content (AvgIpc) is 2.87. The van der Waals surface area contributed by atoms with E-state index in [1.165, 1.54) is 36.5 Å². The number of carbonyl (C=O) groups excluding carboxylic acids is 1. The van der Waals surface area contributed by atoms with Gasteiger partial charge in [-0.15, -0.1) is 0 Å². The Morgan fingerprint density at radius 2 is 1.81 bits per heavy atom. The normalized spacial score (nSPS) is 25.2. The van der Waals surface area contributed by atoms with Crippen molar-refractivity contribution < 1.29 is 24.1 Å². The van der Waals surface area contributed by atoms with Crippen LogP contribution >= 0.6 is 0 Å². The van der Waals surface area contributed by atoms with Crippen molar-refractivity contribution in [1.29, 1.82) is 0 Å². The minimum Gasteiger partial charge on any atom is -0.462 e. The second kappa shape index (κ2) is 13.2. The maximum Gasteiger partial charge on any atom is 0.331 e. The molecule has 1 N–H and O–H groups in total. The molecule has 1 heterocycles. The number of ether oxygens (including phenoxy) is 3. The highest BCUT2D eigenvalue weighted by molar-refractivity contribution is 5.83. The standard InChI is InChI=1S/C32H42O5/c1-24(16-17-28-26(3)13-10-18-31(28,4)5)11-9-12-25(2)19-29(34)35-21-32(20-33)22-36-30(37-23-32)27-14-7-6-8-15-27/h6-9,11-12,14-17,19,30,33H,10,13,18,20-23H2,1-5H3/b12-9+,17-16+,24-11+,25-19+/t30-,32+. The number of aliphatic hydroxyl groups excluding tert-OH is 1. The molecular weight excluding hydrogens is 464 g/mol. The van der Waals surface area contributed by atoms with Crippen molar-refractivity contribution in [1.82, 2.24) is 0 Å². The van der Waals surface area contributed by atoms with Crippen molar-refractivity contribution in [2.24, 2.45) is 10.8 Å². The van der Waals surface area contributed by atoms with Gasteiger partial charge in [-0.3, -0.25) is 0 Å². The van der Waals surface area contributed by atoms with Gasteiger partial charge in [0, 0.05) is 11.6 Å². The Balaban J connectivity index is 1.49. The number of benzene rings is 1. The van der Waals surface area contributed by atoms with E-state index in [0.29, 0.717) is 0 Å². The highest BCUT2D eigenvalue weighted by Gasteiger charge is 2.38. The molecule has 0 amide bonds. The molecule has 0 bridgehead atoms. The number of hydrogen-bond donors (Lipinski definition) is 1. The van der Waals surface area contributed by atoms with Crippen LogP contribution in [0.2, 0.25) is 0 Å². The lowest BCUT2D eigenvalue weighted by Crippen LogP contribution is -2.45. The first kappa shape index (κ1) is 28.8. The summed E-state index contributed by atoms with van der Waals surface area (Å²) in [5.41, 5.74) is 5.22. The Morgan fingerprint density at radius 3 is 2.46 bits per heavy atom. The molecule has 3 rings (SSSR count). The van der Waals surface area contributed by atoms with E-state index >= 15 is 0 Å². The Morgan fingerprint density at radius 1 is 1.11 bits per heavy atom. The minimum absolute atomic E-state index is 0.0206. The van der Waals surface area contributed by atoms with Gasteiger partial charge >= 0.3 is 5.97 Å². The number of aliphatic hydroxyl groups is 1. The summed E-state index contributed by atoms with van der Waals surface area (Å²) in [5, 5.41) is 9.94. The van der Waals surface area contributed by atoms with Gasteiger partial charge in [-0.25, -0.2) is 4.79 Å². The first-order chi connectivity index (χ1) is 17.6. The lowest BCUT2D eigenvalue weighted by atomic mass is 9.72. The van der Waals surface area contributed by atoms with Gasteiger partial charge in [-0.05, 0) is 56.6 Å². The van der Waals surface area contributed by atoms with Gasteiger partial charge in [0.25, 0.3) is 0 Å². The molecule has 1 saturated heterocycles. The highest BCUT2D eigenvalue weighted by atomic mass is 16.7. The lowest BCUT2D eigenvalue weighted by Gasteiger charge is -2.38. The zero-order chi connectivity index (χ0) is 26.9. The third kappa shape index (κ3) is 8.39. The van der Waals surface area contributed by atoms with Crippen molar-refractivity contribution >= 4 is 5.97 Å². The summed E-state index contributed by atoms with van der Waals surface area (Å²) in [6.45, 7) is 11.1. The fourth-order valence-electron chi connectivity index (χ4n) is 4.75. The maximum absolute atomic E-state index is 12.4. The Bertz CT molecular complexity index is 1060. The zero-order valence-corrected chi connectivity index (χ0v) is 23.0. The molecule has 2 aliphatic rings. The molecule has 0 radical (unpaired) electrons. The van der Waals surface area contributed by atoms with Crippen molar-refractivity contribution in [3.8, 4) is 0 Å². The number of carbonyl (C=O) groups is 1. The van der Waals surface area contributed by atoms with E-state index in [4.69, 9.17) is 14.2 Å². The van der Waals surface area contributed by atoms with E-state index < -0.39 is 17.7 Å². The van der Waals surface area contributed by atoms with Gasteiger partial charge in [-0.2, -0.15) is 0 Å². The van der Waals surface area contributed by atoms with Gasteiger partial charge in [-0.1, -0.05) is 85.7 Å². The second-order valence-corrected chi connectivity index (χ2v) is 11.1. The fourth-order valence-corrected chi connectivity index (χ4v) is 4.75. The molecule has 200 valence electrons. The quantitative estimate of drug-likeness (QED) is 0.227. The van der Waals surface area contributed by atoms with Crippen molar-refractivity contribution in [2.75, 3.05) is 26.4 Å². The summed E-state index contributed by atoms with van der Waals surface area (Å²) >= 11 is 0. The summed E-state index contributed by atoms with van der Waals surface area (Å²) in [6.07, 6.45) is 14.9. The molecule has 1 fully saturated rings. The van der Waals surface area contributed by atoms with Gasteiger partial charge in [0.1, 0.15) is 6.61 Å². The Hall–Kier alpha value is -2.73. The molecule has 0 saturated carbocycles. The predicted octanol–water partition coefficient (Wildman–Crippen LogP) is 6.79. The average molecular weight is 507 g/mol. The van der Waals surface area contributed by atoms with E-state index in [-0.39, 0.29) is 31.8 Å². The van der Waals surface area contributed by atoms with Crippen LogP contribution in [0.25, 0.3) is 0 Å². The third-order valence-electron chi connectivity index (χ3n) is 7.13. The van der Waals surface area contributed by atoms with E-state index in [2.05, 4.69) is 39.8 Å². The number of esters is 1. The number of allylic oxidation sites excluding steroid dienone is 9. The van der Waals surface area contributed by atoms with Crippen LogP contribution in [0.1, 0.15) is 65.7 Å². The number of hydrogen-bond acceptors (Lipinski definition) is 5. The molecule has 0 aromatic heterocycles.